The Kier molecular flexibility index (Phi) is 5.87. The highest BCUT2D eigenvalue weighted by Gasteiger charge is 2.21. The Morgan fingerprint density at radius 1 is 1.26 bits per heavy atom. The molecular weight excluding hydrogens is 299 g/mol. The van der Waals surface area contributed by atoms with Crippen molar-refractivity contribution >= 4 is 5.97 Å². The molecule has 0 bridgehead atoms. The van der Waals surface area contributed by atoms with Crippen LogP contribution in [0.25, 0.3) is 11.4 Å². The van der Waals surface area contributed by atoms with E-state index in [1.54, 1.807) is 19.1 Å². The van der Waals surface area contributed by atoms with Crippen LogP contribution in [0.3, 0.4) is 0 Å². The van der Waals surface area contributed by atoms with Crippen LogP contribution in [0, 0.1) is 5.82 Å². The van der Waals surface area contributed by atoms with Gasteiger partial charge >= 0.3 is 5.97 Å². The van der Waals surface area contributed by atoms with Gasteiger partial charge in [0.15, 0.2) is 0 Å². The first-order valence-corrected chi connectivity index (χ1v) is 7.68. The largest absolute Gasteiger partial charge is 0.461 e. The predicted octanol–water partition coefficient (Wildman–Crippen LogP) is 3.36. The van der Waals surface area contributed by atoms with Crippen LogP contribution in [0.4, 0.5) is 4.39 Å². The molecule has 6 heteroatoms. The van der Waals surface area contributed by atoms with Gasteiger partial charge in [-0.2, -0.15) is 0 Å². The van der Waals surface area contributed by atoms with Gasteiger partial charge in [0.2, 0.25) is 0 Å². The predicted molar refractivity (Wildman–Crippen MR) is 84.7 cm³/mol. The fourth-order valence-corrected chi connectivity index (χ4v) is 2.29. The molecule has 0 aliphatic rings. The molecule has 1 atom stereocenters. The van der Waals surface area contributed by atoms with Crippen LogP contribution in [-0.4, -0.2) is 35.3 Å². The number of halogens is 1. The van der Waals surface area contributed by atoms with E-state index in [-0.39, 0.29) is 18.5 Å². The van der Waals surface area contributed by atoms with Crippen molar-refractivity contribution in [1.82, 2.24) is 9.97 Å². The number of nitrogens with zero attached hydrogens (tertiary/aromatic N) is 1. The van der Waals surface area contributed by atoms with Crippen molar-refractivity contribution in [2.24, 2.45) is 0 Å². The van der Waals surface area contributed by atoms with E-state index in [4.69, 9.17) is 9.47 Å². The van der Waals surface area contributed by atoms with E-state index in [1.165, 1.54) is 12.1 Å². The monoisotopic (exact) mass is 320 g/mol. The Balaban J connectivity index is 2.34. The second kappa shape index (κ2) is 7.87. The lowest BCUT2D eigenvalue weighted by molar-refractivity contribution is 0.0514. The lowest BCUT2D eigenvalue weighted by Crippen LogP contribution is -2.15. The lowest BCUT2D eigenvalue weighted by atomic mass is 10.2. The molecule has 0 saturated heterocycles. The Morgan fingerprint density at radius 3 is 2.57 bits per heavy atom. The van der Waals surface area contributed by atoms with E-state index in [0.717, 1.165) is 0 Å². The third kappa shape index (κ3) is 4.39. The van der Waals surface area contributed by atoms with Crippen LogP contribution >= 0.6 is 0 Å². The molecule has 0 saturated carbocycles. The molecule has 0 radical (unpaired) electrons. The topological polar surface area (TPSA) is 64.2 Å². The number of carbonyl (C=O) groups is 1. The number of ether oxygens (including phenoxy) is 2. The summed E-state index contributed by atoms with van der Waals surface area (Å²) < 4.78 is 23.6. The van der Waals surface area contributed by atoms with E-state index in [2.05, 4.69) is 9.97 Å². The maximum Gasteiger partial charge on any atom is 0.356 e. The summed E-state index contributed by atoms with van der Waals surface area (Å²) >= 11 is 0. The minimum absolute atomic E-state index is 0.0717. The number of benzene rings is 1. The number of nitrogens with one attached hydrogen (secondary N) is 1. The molecule has 5 nitrogen and oxygen atoms in total. The molecule has 0 aliphatic heterocycles. The molecule has 0 fully saturated rings. The van der Waals surface area contributed by atoms with E-state index in [1.807, 2.05) is 13.8 Å². The second-order valence-electron chi connectivity index (χ2n) is 5.10. The van der Waals surface area contributed by atoms with Gasteiger partial charge in [0.25, 0.3) is 0 Å². The standard InChI is InChI=1S/C17H21FN2O3/c1-4-22-11(3)10-14-15(17(21)23-5-2)20-16(19-14)12-6-8-13(18)9-7-12/h6-9,11H,4-5,10H2,1-3H3,(H,19,20). The average Bonchev–Trinajstić information content (AvgIpc) is 2.92. The summed E-state index contributed by atoms with van der Waals surface area (Å²) in [6, 6.07) is 5.92. The number of hydrogen-bond donors (Lipinski definition) is 1. The number of esters is 1. The minimum Gasteiger partial charge on any atom is -0.461 e. The molecule has 0 spiro atoms. The summed E-state index contributed by atoms with van der Waals surface area (Å²) in [5.74, 6) is -0.269. The van der Waals surface area contributed by atoms with Crippen molar-refractivity contribution in [3.63, 3.8) is 0 Å². The summed E-state index contributed by atoms with van der Waals surface area (Å²) in [4.78, 5) is 19.6. The number of H-pyrrole nitrogens is 1. The maximum atomic E-state index is 13.1. The van der Waals surface area contributed by atoms with Gasteiger partial charge in [-0.25, -0.2) is 14.2 Å². The zero-order valence-corrected chi connectivity index (χ0v) is 13.6. The SMILES string of the molecule is CCOC(=O)c1[nH]c(-c2ccc(F)cc2)nc1CC(C)OCC. The van der Waals surface area contributed by atoms with Gasteiger partial charge in [0.1, 0.15) is 17.3 Å². The van der Waals surface area contributed by atoms with Crippen molar-refractivity contribution in [3.05, 3.63) is 41.5 Å². The number of carbonyl (C=O) groups excluding carboxylic acids is 1. The summed E-state index contributed by atoms with van der Waals surface area (Å²) in [7, 11) is 0. The third-order valence-corrected chi connectivity index (χ3v) is 3.31. The highest BCUT2D eigenvalue weighted by Crippen LogP contribution is 2.21. The summed E-state index contributed by atoms with van der Waals surface area (Å²) in [5.41, 5.74) is 1.61. The number of aromatic amines is 1. The van der Waals surface area contributed by atoms with Crippen molar-refractivity contribution in [2.75, 3.05) is 13.2 Å². The fraction of sp³-hybridized carbons (Fsp3) is 0.412. The van der Waals surface area contributed by atoms with Gasteiger partial charge in [0.05, 0.1) is 18.4 Å². The third-order valence-electron chi connectivity index (χ3n) is 3.31. The second-order valence-corrected chi connectivity index (χ2v) is 5.10. The number of aromatic nitrogens is 2. The molecule has 1 aromatic heterocycles. The molecule has 1 heterocycles. The number of imidazole rings is 1. The van der Waals surface area contributed by atoms with E-state index < -0.39 is 5.97 Å². The van der Waals surface area contributed by atoms with Crippen LogP contribution < -0.4 is 0 Å². The van der Waals surface area contributed by atoms with Gasteiger partial charge in [0, 0.05) is 18.6 Å². The molecule has 124 valence electrons. The Labute approximate surface area is 134 Å². The van der Waals surface area contributed by atoms with E-state index in [9.17, 15) is 9.18 Å². The zero-order chi connectivity index (χ0) is 16.8. The van der Waals surface area contributed by atoms with Crippen LogP contribution in [0.2, 0.25) is 0 Å². The fourth-order valence-electron chi connectivity index (χ4n) is 2.29. The van der Waals surface area contributed by atoms with Gasteiger partial charge in [-0.3, -0.25) is 0 Å². The highest BCUT2D eigenvalue weighted by molar-refractivity contribution is 5.89. The highest BCUT2D eigenvalue weighted by atomic mass is 19.1. The molecule has 0 aliphatic carbocycles. The van der Waals surface area contributed by atoms with E-state index >= 15 is 0 Å². The molecule has 0 amide bonds. The molecule has 1 aromatic carbocycles. The van der Waals surface area contributed by atoms with Crippen LogP contribution in [-0.2, 0) is 15.9 Å². The minimum atomic E-state index is -0.452. The Morgan fingerprint density at radius 2 is 1.96 bits per heavy atom. The van der Waals surface area contributed by atoms with Gasteiger partial charge in [-0.15, -0.1) is 0 Å². The van der Waals surface area contributed by atoms with Crippen molar-refractivity contribution in [3.8, 4) is 11.4 Å². The van der Waals surface area contributed by atoms with E-state index in [0.29, 0.717) is 35.8 Å². The van der Waals surface area contributed by atoms with Crippen molar-refractivity contribution in [1.29, 1.82) is 0 Å². The Hall–Kier alpha value is -2.21. The summed E-state index contributed by atoms with van der Waals surface area (Å²) in [6.07, 6.45) is 0.414. The summed E-state index contributed by atoms with van der Waals surface area (Å²) in [6.45, 7) is 6.45. The Bertz CT molecular complexity index is 652. The molecule has 1 unspecified atom stereocenters. The zero-order valence-electron chi connectivity index (χ0n) is 13.6. The molecule has 2 aromatic rings. The van der Waals surface area contributed by atoms with Crippen LogP contribution in [0.15, 0.2) is 24.3 Å². The number of rotatable bonds is 7. The lowest BCUT2D eigenvalue weighted by Gasteiger charge is -2.10. The van der Waals surface area contributed by atoms with Crippen molar-refractivity contribution in [2.45, 2.75) is 33.3 Å². The smallest absolute Gasteiger partial charge is 0.356 e. The van der Waals surface area contributed by atoms with Gasteiger partial charge in [-0.05, 0) is 45.0 Å². The molecular formula is C17H21FN2O3. The van der Waals surface area contributed by atoms with Gasteiger partial charge < -0.3 is 14.5 Å². The van der Waals surface area contributed by atoms with Crippen molar-refractivity contribution < 1.29 is 18.7 Å². The average molecular weight is 320 g/mol. The quantitative estimate of drug-likeness (QED) is 0.795. The van der Waals surface area contributed by atoms with Gasteiger partial charge in [-0.1, -0.05) is 0 Å². The molecule has 2 rings (SSSR count). The molecule has 1 N–H and O–H groups in total. The maximum absolute atomic E-state index is 13.1. The summed E-state index contributed by atoms with van der Waals surface area (Å²) in [5, 5.41) is 0. The first kappa shape index (κ1) is 17.1. The first-order valence-electron chi connectivity index (χ1n) is 7.68. The number of hydrogen-bond acceptors (Lipinski definition) is 4. The normalized spacial score (nSPS) is 12.2. The van der Waals surface area contributed by atoms with Crippen LogP contribution in [0.1, 0.15) is 37.0 Å². The molecule has 23 heavy (non-hydrogen) atoms. The van der Waals surface area contributed by atoms with Crippen LogP contribution in [0.5, 0.6) is 0 Å². The first-order chi connectivity index (χ1) is 11.0.